The summed E-state index contributed by atoms with van der Waals surface area (Å²) in [6, 6.07) is 6.28. The van der Waals surface area contributed by atoms with Gasteiger partial charge in [-0.1, -0.05) is 18.2 Å². The molecule has 0 aliphatic rings. The number of methoxy groups -OCH3 is 1. The molecule has 2 aromatic rings. The molecule has 0 fully saturated rings. The number of aromatic nitrogens is 3. The number of nitrogens with zero attached hydrogens (tertiary/aromatic N) is 3. The van der Waals surface area contributed by atoms with E-state index in [1.807, 2.05) is 0 Å². The Morgan fingerprint density at radius 1 is 1.20 bits per heavy atom. The number of rotatable bonds is 6. The topological polar surface area (TPSA) is 115 Å². The lowest BCUT2D eigenvalue weighted by Gasteiger charge is -2.13. The third-order valence-corrected chi connectivity index (χ3v) is 3.00. The lowest BCUT2D eigenvalue weighted by atomic mass is 10.0. The van der Waals surface area contributed by atoms with Gasteiger partial charge in [0.1, 0.15) is 18.4 Å². The van der Waals surface area contributed by atoms with Crippen molar-refractivity contribution < 1.29 is 19.1 Å². The molecule has 0 aliphatic heterocycles. The van der Waals surface area contributed by atoms with Crippen molar-refractivity contribution in [2.45, 2.75) is 0 Å². The number of imide groups is 1. The second-order valence-corrected chi connectivity index (χ2v) is 4.63. The third-order valence-electron chi connectivity index (χ3n) is 3.00. The van der Waals surface area contributed by atoms with Gasteiger partial charge in [0, 0.05) is 25.3 Å². The fraction of sp³-hybridized carbons (Fsp3) is 0.188. The molecule has 1 aromatic carbocycles. The van der Waals surface area contributed by atoms with Crippen LogP contribution in [0.15, 0.2) is 43.0 Å². The van der Waals surface area contributed by atoms with Crippen molar-refractivity contribution in [3.8, 4) is 11.8 Å². The summed E-state index contributed by atoms with van der Waals surface area (Å²) >= 11 is 0. The zero-order valence-electron chi connectivity index (χ0n) is 13.7. The molecule has 1 heterocycles. The van der Waals surface area contributed by atoms with Crippen molar-refractivity contribution in [1.82, 2.24) is 25.6 Å². The van der Waals surface area contributed by atoms with E-state index in [1.54, 1.807) is 30.3 Å². The molecule has 2 N–H and O–H groups in total. The van der Waals surface area contributed by atoms with Crippen LogP contribution in [-0.2, 0) is 9.53 Å². The molecule has 0 unspecified atom stereocenters. The van der Waals surface area contributed by atoms with E-state index in [9.17, 15) is 9.59 Å². The van der Waals surface area contributed by atoms with Crippen LogP contribution < -0.4 is 15.4 Å². The standard InChI is InChI=1S/C16H17N5O4/c1-17-15(23)21-14(22)12(7-8-24-2)11-5-3-4-6-13(11)25-16-19-9-18-10-20-16/h3-7,9-10H,8H2,1-2H3,(H2,17,21,22,23)/b12-7+. The van der Waals surface area contributed by atoms with Crippen molar-refractivity contribution in [3.05, 3.63) is 48.6 Å². The predicted octanol–water partition coefficient (Wildman–Crippen LogP) is 1.15. The van der Waals surface area contributed by atoms with E-state index in [0.29, 0.717) is 11.3 Å². The lowest BCUT2D eigenvalue weighted by Crippen LogP contribution is -2.37. The first kappa shape index (κ1) is 18.0. The maximum absolute atomic E-state index is 12.4. The molecule has 0 spiro atoms. The van der Waals surface area contributed by atoms with Gasteiger partial charge in [0.2, 0.25) is 0 Å². The number of carbonyl (C=O) groups is 2. The van der Waals surface area contributed by atoms with Gasteiger partial charge >= 0.3 is 12.0 Å². The van der Waals surface area contributed by atoms with Crippen molar-refractivity contribution in [2.24, 2.45) is 0 Å². The van der Waals surface area contributed by atoms with Gasteiger partial charge in [-0.3, -0.25) is 10.1 Å². The first-order valence-corrected chi connectivity index (χ1v) is 7.27. The molecule has 0 bridgehead atoms. The first-order chi connectivity index (χ1) is 12.2. The molecule has 0 saturated carbocycles. The monoisotopic (exact) mass is 343 g/mol. The van der Waals surface area contributed by atoms with E-state index in [1.165, 1.54) is 26.8 Å². The Balaban J connectivity index is 2.37. The van der Waals surface area contributed by atoms with Crippen molar-refractivity contribution in [3.63, 3.8) is 0 Å². The summed E-state index contributed by atoms with van der Waals surface area (Å²) in [7, 11) is 2.91. The zero-order chi connectivity index (χ0) is 18.1. The third kappa shape index (κ3) is 5.08. The normalized spacial score (nSPS) is 10.9. The average molecular weight is 343 g/mol. The summed E-state index contributed by atoms with van der Waals surface area (Å²) in [6.07, 6.45) is 4.14. The Kier molecular flexibility index (Phi) is 6.55. The number of hydrogen-bond acceptors (Lipinski definition) is 7. The molecular weight excluding hydrogens is 326 g/mol. The molecule has 0 saturated heterocycles. The molecule has 130 valence electrons. The summed E-state index contributed by atoms with van der Waals surface area (Å²) in [5.41, 5.74) is 0.677. The van der Waals surface area contributed by atoms with Gasteiger partial charge in [-0.2, -0.15) is 9.97 Å². The highest BCUT2D eigenvalue weighted by Crippen LogP contribution is 2.28. The fourth-order valence-corrected chi connectivity index (χ4v) is 1.88. The number of amides is 3. The van der Waals surface area contributed by atoms with Gasteiger partial charge < -0.3 is 14.8 Å². The molecule has 9 nitrogen and oxygen atoms in total. The molecular formula is C16H17N5O4. The van der Waals surface area contributed by atoms with E-state index >= 15 is 0 Å². The molecule has 0 aliphatic carbocycles. The van der Waals surface area contributed by atoms with Crippen LogP contribution in [0.2, 0.25) is 0 Å². The van der Waals surface area contributed by atoms with E-state index in [2.05, 4.69) is 25.6 Å². The zero-order valence-corrected chi connectivity index (χ0v) is 13.7. The Morgan fingerprint density at radius 3 is 2.60 bits per heavy atom. The number of carbonyl (C=O) groups excluding carboxylic acids is 2. The van der Waals surface area contributed by atoms with Gasteiger partial charge in [0.05, 0.1) is 6.61 Å². The average Bonchev–Trinajstić information content (AvgIpc) is 2.64. The summed E-state index contributed by atoms with van der Waals surface area (Å²) in [6.45, 7) is 0.177. The summed E-state index contributed by atoms with van der Waals surface area (Å²) in [4.78, 5) is 35.4. The van der Waals surface area contributed by atoms with Crippen LogP contribution in [0.25, 0.3) is 5.57 Å². The minimum atomic E-state index is -0.621. The Hall–Kier alpha value is -3.33. The Morgan fingerprint density at radius 2 is 1.92 bits per heavy atom. The van der Waals surface area contributed by atoms with Crippen LogP contribution in [0.3, 0.4) is 0 Å². The summed E-state index contributed by atoms with van der Waals surface area (Å²) in [5.74, 6) is -0.244. The van der Waals surface area contributed by atoms with Gasteiger partial charge in [-0.25, -0.2) is 9.78 Å². The van der Waals surface area contributed by atoms with Crippen molar-refractivity contribution in [1.29, 1.82) is 0 Å². The second-order valence-electron chi connectivity index (χ2n) is 4.63. The summed E-state index contributed by atoms with van der Waals surface area (Å²) < 4.78 is 10.6. The highest BCUT2D eigenvalue weighted by Gasteiger charge is 2.18. The first-order valence-electron chi connectivity index (χ1n) is 7.27. The number of para-hydroxylation sites is 1. The van der Waals surface area contributed by atoms with E-state index in [4.69, 9.17) is 9.47 Å². The minimum absolute atomic E-state index is 0.0836. The van der Waals surface area contributed by atoms with E-state index < -0.39 is 11.9 Å². The van der Waals surface area contributed by atoms with E-state index in [0.717, 1.165) is 0 Å². The van der Waals surface area contributed by atoms with Crippen molar-refractivity contribution in [2.75, 3.05) is 20.8 Å². The molecule has 0 atom stereocenters. The van der Waals surface area contributed by atoms with Crippen LogP contribution in [0, 0.1) is 0 Å². The molecule has 3 amide bonds. The van der Waals surface area contributed by atoms with Gasteiger partial charge in [0.15, 0.2) is 0 Å². The lowest BCUT2D eigenvalue weighted by molar-refractivity contribution is -0.114. The number of nitrogens with one attached hydrogen (secondary N) is 2. The smallest absolute Gasteiger partial charge is 0.324 e. The minimum Gasteiger partial charge on any atom is -0.424 e. The van der Waals surface area contributed by atoms with Crippen LogP contribution in [0.4, 0.5) is 4.79 Å². The number of ether oxygens (including phenoxy) is 2. The van der Waals surface area contributed by atoms with Crippen LogP contribution in [-0.4, -0.2) is 47.7 Å². The van der Waals surface area contributed by atoms with Crippen molar-refractivity contribution >= 4 is 17.5 Å². The maximum Gasteiger partial charge on any atom is 0.324 e. The maximum atomic E-state index is 12.4. The number of benzene rings is 1. The molecule has 1 aromatic heterocycles. The second kappa shape index (κ2) is 9.08. The predicted molar refractivity (Wildman–Crippen MR) is 88.8 cm³/mol. The summed E-state index contributed by atoms with van der Waals surface area (Å²) in [5, 5.41) is 4.54. The largest absolute Gasteiger partial charge is 0.424 e. The van der Waals surface area contributed by atoms with Gasteiger partial charge in [0.25, 0.3) is 5.91 Å². The highest BCUT2D eigenvalue weighted by molar-refractivity contribution is 6.24. The Labute approximate surface area is 144 Å². The van der Waals surface area contributed by atoms with E-state index in [-0.39, 0.29) is 18.2 Å². The van der Waals surface area contributed by atoms with Gasteiger partial charge in [-0.15, -0.1) is 0 Å². The fourth-order valence-electron chi connectivity index (χ4n) is 1.88. The highest BCUT2D eigenvalue weighted by atomic mass is 16.5. The van der Waals surface area contributed by atoms with Crippen LogP contribution >= 0.6 is 0 Å². The SMILES string of the molecule is CNC(=O)NC(=O)/C(=C/COC)c1ccccc1Oc1ncncn1. The number of urea groups is 1. The molecule has 0 radical (unpaired) electrons. The molecule has 2 rings (SSSR count). The molecule has 9 heteroatoms. The molecule has 25 heavy (non-hydrogen) atoms. The van der Waals surface area contributed by atoms with Crippen LogP contribution in [0.5, 0.6) is 11.8 Å². The Bertz CT molecular complexity index is 764. The van der Waals surface area contributed by atoms with Crippen LogP contribution in [0.1, 0.15) is 5.56 Å². The quantitative estimate of drug-likeness (QED) is 0.756. The van der Waals surface area contributed by atoms with Gasteiger partial charge in [-0.05, 0) is 12.1 Å². The number of hydrogen-bond donors (Lipinski definition) is 2.